The molecule has 0 saturated carbocycles. The number of nitrogens with two attached hydrogens (primary N) is 1. The van der Waals surface area contributed by atoms with E-state index in [2.05, 4.69) is 6.92 Å². The topological polar surface area (TPSA) is 86.9 Å². The maximum Gasteiger partial charge on any atom is 0.327 e. The summed E-state index contributed by atoms with van der Waals surface area (Å²) in [5, 5.41) is 10.1. The Morgan fingerprint density at radius 1 is 0.833 bits per heavy atom. The molecule has 6 nitrogen and oxygen atoms in total. The normalized spacial score (nSPS) is 16.9. The van der Waals surface area contributed by atoms with Crippen LogP contribution in [0.2, 0.25) is 0 Å². The number of imide groups is 1. The first kappa shape index (κ1) is 26.9. The highest BCUT2D eigenvalue weighted by Gasteiger charge is 2.33. The van der Waals surface area contributed by atoms with Crippen LogP contribution in [0.5, 0.6) is 0 Å². The molecule has 0 aliphatic carbocycles. The van der Waals surface area contributed by atoms with Gasteiger partial charge in [0, 0.05) is 20.0 Å². The largest absolute Gasteiger partial charge is 0.393 e. The van der Waals surface area contributed by atoms with Gasteiger partial charge in [-0.2, -0.15) is 0 Å². The monoisotopic (exact) mass is 425 g/mol. The predicted molar refractivity (Wildman–Crippen MR) is 123 cm³/mol. The molecule has 1 saturated heterocycles. The van der Waals surface area contributed by atoms with Crippen LogP contribution in [0.25, 0.3) is 0 Å². The number of aliphatic hydroxyl groups is 1. The zero-order valence-electron chi connectivity index (χ0n) is 19.6. The standard InChI is InChI=1S/C24H47N3O3/c1-3-4-5-6-7-10-13-16-21(28)17-14-11-8-9-12-15-18-22(25)27-23(29)19-20-26(2)24(27)30/h21-22,28H,3-20,25H2,1-2H3. The number of urea groups is 1. The van der Waals surface area contributed by atoms with E-state index in [4.69, 9.17) is 5.73 Å². The van der Waals surface area contributed by atoms with Crippen LogP contribution in [0, 0.1) is 0 Å². The maximum absolute atomic E-state index is 12.1. The van der Waals surface area contributed by atoms with Crippen LogP contribution < -0.4 is 5.73 Å². The van der Waals surface area contributed by atoms with Gasteiger partial charge in [0.1, 0.15) is 0 Å². The Kier molecular flexibility index (Phi) is 14.8. The lowest BCUT2D eigenvalue weighted by Crippen LogP contribution is -2.57. The first-order chi connectivity index (χ1) is 14.5. The fourth-order valence-corrected chi connectivity index (χ4v) is 4.15. The van der Waals surface area contributed by atoms with Crippen LogP contribution in [0.15, 0.2) is 0 Å². The van der Waals surface area contributed by atoms with Crippen LogP contribution in [-0.4, -0.2) is 52.7 Å². The third kappa shape index (κ3) is 11.3. The summed E-state index contributed by atoms with van der Waals surface area (Å²) in [6.07, 6.45) is 17.9. The zero-order valence-corrected chi connectivity index (χ0v) is 19.6. The highest BCUT2D eigenvalue weighted by Crippen LogP contribution is 2.17. The Morgan fingerprint density at radius 3 is 1.83 bits per heavy atom. The number of carbonyl (C=O) groups is 2. The molecule has 3 amide bonds. The van der Waals surface area contributed by atoms with E-state index in [1.165, 1.54) is 49.8 Å². The summed E-state index contributed by atoms with van der Waals surface area (Å²) in [5.74, 6) is -0.152. The number of rotatable bonds is 18. The quantitative estimate of drug-likeness (QED) is 0.296. The van der Waals surface area contributed by atoms with Crippen LogP contribution >= 0.6 is 0 Å². The molecule has 3 N–H and O–H groups in total. The zero-order chi connectivity index (χ0) is 22.2. The van der Waals surface area contributed by atoms with Gasteiger partial charge in [0.25, 0.3) is 0 Å². The average Bonchev–Trinajstić information content (AvgIpc) is 2.72. The molecule has 6 heteroatoms. The number of aliphatic hydroxyl groups excluding tert-OH is 1. The van der Waals surface area contributed by atoms with E-state index in [9.17, 15) is 14.7 Å². The SMILES string of the molecule is CCCCCCCCCC(O)CCCCCCCCC(N)N1C(=O)CCN(C)C1=O. The van der Waals surface area contributed by atoms with Crippen molar-refractivity contribution in [1.82, 2.24) is 9.80 Å². The lowest BCUT2D eigenvalue weighted by Gasteiger charge is -2.35. The summed E-state index contributed by atoms with van der Waals surface area (Å²) in [7, 11) is 1.71. The molecule has 2 unspecified atom stereocenters. The molecule has 1 heterocycles. The number of nitrogens with zero attached hydrogens (tertiary/aromatic N) is 2. The van der Waals surface area contributed by atoms with Crippen LogP contribution in [0.4, 0.5) is 4.79 Å². The van der Waals surface area contributed by atoms with Crippen LogP contribution in [0.3, 0.4) is 0 Å². The molecule has 1 aliphatic heterocycles. The first-order valence-electron chi connectivity index (χ1n) is 12.5. The van der Waals surface area contributed by atoms with Crippen molar-refractivity contribution < 1.29 is 14.7 Å². The molecule has 2 atom stereocenters. The first-order valence-corrected chi connectivity index (χ1v) is 12.5. The second-order valence-corrected chi connectivity index (χ2v) is 9.05. The number of unbranched alkanes of at least 4 members (excludes halogenated alkanes) is 11. The van der Waals surface area contributed by atoms with Crippen molar-refractivity contribution in [3.05, 3.63) is 0 Å². The molecule has 1 fully saturated rings. The Hall–Kier alpha value is -1.14. The summed E-state index contributed by atoms with van der Waals surface area (Å²) < 4.78 is 0. The fraction of sp³-hybridized carbons (Fsp3) is 0.917. The van der Waals surface area contributed by atoms with Gasteiger partial charge >= 0.3 is 6.03 Å². The van der Waals surface area contributed by atoms with Crippen molar-refractivity contribution in [1.29, 1.82) is 0 Å². The van der Waals surface area contributed by atoms with Gasteiger partial charge in [-0.25, -0.2) is 9.69 Å². The summed E-state index contributed by atoms with van der Waals surface area (Å²) in [5.41, 5.74) is 6.10. The lowest BCUT2D eigenvalue weighted by atomic mass is 10.0. The molecule has 0 aromatic carbocycles. The van der Waals surface area contributed by atoms with Gasteiger partial charge < -0.3 is 15.7 Å². The van der Waals surface area contributed by atoms with Crippen molar-refractivity contribution in [2.24, 2.45) is 5.73 Å². The van der Waals surface area contributed by atoms with Gasteiger partial charge in [-0.3, -0.25) is 4.79 Å². The van der Waals surface area contributed by atoms with Crippen molar-refractivity contribution in [3.8, 4) is 0 Å². The summed E-state index contributed by atoms with van der Waals surface area (Å²) in [6, 6.07) is -0.270. The van der Waals surface area contributed by atoms with Crippen LogP contribution in [-0.2, 0) is 4.79 Å². The molecule has 1 aliphatic rings. The molecule has 1 rings (SSSR count). The molecule has 0 bridgehead atoms. The van der Waals surface area contributed by atoms with Gasteiger partial charge in [0.15, 0.2) is 0 Å². The maximum atomic E-state index is 12.1. The van der Waals surface area contributed by atoms with Gasteiger partial charge in [0.2, 0.25) is 5.91 Å². The van der Waals surface area contributed by atoms with E-state index in [1.54, 1.807) is 11.9 Å². The molecular formula is C24H47N3O3. The van der Waals surface area contributed by atoms with E-state index >= 15 is 0 Å². The highest BCUT2D eigenvalue weighted by molar-refractivity contribution is 5.97. The number of hydrogen-bond acceptors (Lipinski definition) is 4. The molecule has 176 valence electrons. The second-order valence-electron chi connectivity index (χ2n) is 9.05. The van der Waals surface area contributed by atoms with Crippen LogP contribution in [0.1, 0.15) is 116 Å². The third-order valence-electron chi connectivity index (χ3n) is 6.22. The summed E-state index contributed by atoms with van der Waals surface area (Å²) >= 11 is 0. The summed E-state index contributed by atoms with van der Waals surface area (Å²) in [6.45, 7) is 2.72. The van der Waals surface area contributed by atoms with Crippen molar-refractivity contribution in [3.63, 3.8) is 0 Å². The predicted octanol–water partition coefficient (Wildman–Crippen LogP) is 5.18. The number of hydrogen-bond donors (Lipinski definition) is 2. The molecule has 30 heavy (non-hydrogen) atoms. The highest BCUT2D eigenvalue weighted by atomic mass is 16.3. The molecule has 0 radical (unpaired) electrons. The van der Waals surface area contributed by atoms with E-state index < -0.39 is 6.17 Å². The Balaban J connectivity index is 1.94. The van der Waals surface area contributed by atoms with E-state index in [0.29, 0.717) is 19.4 Å². The van der Waals surface area contributed by atoms with Gasteiger partial charge in [-0.15, -0.1) is 0 Å². The van der Waals surface area contributed by atoms with E-state index in [1.807, 2.05) is 0 Å². The molecular weight excluding hydrogens is 378 g/mol. The van der Waals surface area contributed by atoms with E-state index in [-0.39, 0.29) is 18.0 Å². The molecule has 0 aromatic rings. The van der Waals surface area contributed by atoms with E-state index in [0.717, 1.165) is 51.4 Å². The van der Waals surface area contributed by atoms with Gasteiger partial charge in [0.05, 0.1) is 12.3 Å². The minimum atomic E-state index is -0.505. The minimum absolute atomic E-state index is 0.128. The Morgan fingerprint density at radius 2 is 1.30 bits per heavy atom. The van der Waals surface area contributed by atoms with Crippen molar-refractivity contribution in [2.45, 2.75) is 128 Å². The third-order valence-corrected chi connectivity index (χ3v) is 6.22. The molecule has 0 spiro atoms. The van der Waals surface area contributed by atoms with Gasteiger partial charge in [-0.1, -0.05) is 90.4 Å². The molecule has 0 aromatic heterocycles. The summed E-state index contributed by atoms with van der Waals surface area (Å²) in [4.78, 5) is 26.9. The lowest BCUT2D eigenvalue weighted by molar-refractivity contribution is -0.132. The Labute approximate surface area is 184 Å². The minimum Gasteiger partial charge on any atom is -0.393 e. The smallest absolute Gasteiger partial charge is 0.327 e. The number of amides is 3. The fourth-order valence-electron chi connectivity index (χ4n) is 4.15. The Bertz CT molecular complexity index is 473. The number of carbonyl (C=O) groups excluding carboxylic acids is 2. The second kappa shape index (κ2) is 16.5. The van der Waals surface area contributed by atoms with Crippen molar-refractivity contribution in [2.75, 3.05) is 13.6 Å². The van der Waals surface area contributed by atoms with Gasteiger partial charge in [-0.05, 0) is 19.3 Å². The van der Waals surface area contributed by atoms with Crippen molar-refractivity contribution >= 4 is 11.9 Å². The average molecular weight is 426 g/mol.